The lowest BCUT2D eigenvalue weighted by Gasteiger charge is -2.16. The molecule has 0 radical (unpaired) electrons. The topological polar surface area (TPSA) is 71.5 Å². The first-order chi connectivity index (χ1) is 14.6. The lowest BCUT2D eigenvalue weighted by molar-refractivity contribution is -0.274. The Hall–Kier alpha value is -3.47. The molecule has 3 aromatic rings. The van der Waals surface area contributed by atoms with Crippen LogP contribution in [0.1, 0.15) is 10.5 Å². The summed E-state index contributed by atoms with van der Waals surface area (Å²) in [5.74, 6) is -1.84. The van der Waals surface area contributed by atoms with Gasteiger partial charge < -0.3 is 15.0 Å². The number of thiazole rings is 1. The highest BCUT2D eigenvalue weighted by molar-refractivity contribution is 7.13. The van der Waals surface area contributed by atoms with E-state index < -0.39 is 23.9 Å². The molecule has 0 fully saturated rings. The fourth-order valence-corrected chi connectivity index (χ4v) is 3.32. The second-order valence-corrected chi connectivity index (χ2v) is 7.18. The standard InChI is InChI=1S/C20H15F4N3O3S/c1-27(10-17(28)25-14-6-8-15(9-7-14)30-20(22,23)24)19(29)16-11-31-18(26-16)12-2-4-13(21)5-3-12/h2-9,11H,10H2,1H3,(H,25,28). The Balaban J connectivity index is 1.57. The highest BCUT2D eigenvalue weighted by Gasteiger charge is 2.31. The molecule has 0 aliphatic heterocycles. The van der Waals surface area contributed by atoms with Gasteiger partial charge in [-0.2, -0.15) is 0 Å². The van der Waals surface area contributed by atoms with Gasteiger partial charge in [0.05, 0.1) is 6.54 Å². The highest BCUT2D eigenvalue weighted by Crippen LogP contribution is 2.25. The van der Waals surface area contributed by atoms with E-state index in [-0.39, 0.29) is 23.7 Å². The van der Waals surface area contributed by atoms with Gasteiger partial charge in [-0.3, -0.25) is 9.59 Å². The van der Waals surface area contributed by atoms with Gasteiger partial charge in [0.15, 0.2) is 0 Å². The van der Waals surface area contributed by atoms with Crippen LogP contribution in [0.3, 0.4) is 0 Å². The molecule has 2 aromatic carbocycles. The van der Waals surface area contributed by atoms with Gasteiger partial charge in [0, 0.05) is 23.7 Å². The second-order valence-electron chi connectivity index (χ2n) is 6.33. The molecule has 1 aromatic heterocycles. The third-order valence-electron chi connectivity index (χ3n) is 3.91. The minimum Gasteiger partial charge on any atom is -0.406 e. The average molecular weight is 453 g/mol. The van der Waals surface area contributed by atoms with E-state index in [0.29, 0.717) is 10.6 Å². The molecule has 31 heavy (non-hydrogen) atoms. The number of carbonyl (C=O) groups excluding carboxylic acids is 2. The number of hydrogen-bond acceptors (Lipinski definition) is 5. The van der Waals surface area contributed by atoms with Crippen LogP contribution in [0.15, 0.2) is 53.9 Å². The van der Waals surface area contributed by atoms with Crippen LogP contribution in [0.5, 0.6) is 5.75 Å². The number of likely N-dealkylation sites (N-methyl/N-ethyl adjacent to an activating group) is 1. The number of rotatable bonds is 6. The van der Waals surface area contributed by atoms with Crippen LogP contribution in [0.25, 0.3) is 10.6 Å². The van der Waals surface area contributed by atoms with Crippen LogP contribution in [-0.4, -0.2) is 41.7 Å². The third kappa shape index (κ3) is 6.25. The minimum absolute atomic E-state index is 0.133. The molecule has 0 saturated heterocycles. The lowest BCUT2D eigenvalue weighted by atomic mass is 10.2. The van der Waals surface area contributed by atoms with Crippen LogP contribution in [0.2, 0.25) is 0 Å². The van der Waals surface area contributed by atoms with Gasteiger partial charge in [0.2, 0.25) is 5.91 Å². The van der Waals surface area contributed by atoms with Crippen molar-refractivity contribution in [3.05, 3.63) is 65.4 Å². The monoisotopic (exact) mass is 453 g/mol. The zero-order valence-corrected chi connectivity index (χ0v) is 16.8. The molecule has 0 unspecified atom stereocenters. The maximum Gasteiger partial charge on any atom is 0.573 e. The first-order valence-corrected chi connectivity index (χ1v) is 9.61. The molecule has 0 aliphatic rings. The number of aromatic nitrogens is 1. The Morgan fingerprint density at radius 3 is 2.35 bits per heavy atom. The molecule has 11 heteroatoms. The molecule has 6 nitrogen and oxygen atoms in total. The smallest absolute Gasteiger partial charge is 0.406 e. The molecule has 1 heterocycles. The summed E-state index contributed by atoms with van der Waals surface area (Å²) < 4.78 is 53.3. The van der Waals surface area contributed by atoms with Crippen molar-refractivity contribution in [1.29, 1.82) is 0 Å². The van der Waals surface area contributed by atoms with Gasteiger partial charge in [0.1, 0.15) is 22.3 Å². The van der Waals surface area contributed by atoms with Gasteiger partial charge in [-0.1, -0.05) is 0 Å². The van der Waals surface area contributed by atoms with Gasteiger partial charge >= 0.3 is 6.36 Å². The SMILES string of the molecule is CN(CC(=O)Nc1ccc(OC(F)(F)F)cc1)C(=O)c1csc(-c2ccc(F)cc2)n1. The minimum atomic E-state index is -4.81. The predicted molar refractivity (Wildman–Crippen MR) is 106 cm³/mol. The first-order valence-electron chi connectivity index (χ1n) is 8.73. The van der Waals surface area contributed by atoms with E-state index in [2.05, 4.69) is 15.0 Å². The quantitative estimate of drug-likeness (QED) is 0.556. The van der Waals surface area contributed by atoms with E-state index >= 15 is 0 Å². The predicted octanol–water partition coefficient (Wildman–Crippen LogP) is 4.56. The highest BCUT2D eigenvalue weighted by atomic mass is 32.1. The van der Waals surface area contributed by atoms with Crippen molar-refractivity contribution >= 4 is 28.8 Å². The van der Waals surface area contributed by atoms with Crippen molar-refractivity contribution in [2.24, 2.45) is 0 Å². The Bertz CT molecular complexity index is 1070. The largest absolute Gasteiger partial charge is 0.573 e. The van der Waals surface area contributed by atoms with Gasteiger partial charge in [-0.25, -0.2) is 9.37 Å². The number of benzene rings is 2. The van der Waals surface area contributed by atoms with E-state index in [1.165, 1.54) is 48.0 Å². The van der Waals surface area contributed by atoms with Crippen LogP contribution in [0.4, 0.5) is 23.2 Å². The summed E-state index contributed by atoms with van der Waals surface area (Å²) in [5, 5.41) is 4.55. The maximum atomic E-state index is 13.0. The molecule has 0 atom stereocenters. The zero-order valence-electron chi connectivity index (χ0n) is 15.9. The van der Waals surface area contributed by atoms with E-state index in [1.54, 1.807) is 12.1 Å². The number of amides is 2. The molecule has 0 bridgehead atoms. The van der Waals surface area contributed by atoms with Gasteiger partial charge in [-0.05, 0) is 48.5 Å². The molecule has 0 spiro atoms. The lowest BCUT2D eigenvalue weighted by Crippen LogP contribution is -2.35. The number of alkyl halides is 3. The number of ether oxygens (including phenoxy) is 1. The average Bonchev–Trinajstić information content (AvgIpc) is 3.18. The summed E-state index contributed by atoms with van der Waals surface area (Å²) in [6, 6.07) is 10.3. The summed E-state index contributed by atoms with van der Waals surface area (Å²) in [6.45, 7) is -0.303. The van der Waals surface area contributed by atoms with Crippen LogP contribution in [-0.2, 0) is 4.79 Å². The van der Waals surface area contributed by atoms with Gasteiger partial charge in [-0.15, -0.1) is 24.5 Å². The van der Waals surface area contributed by atoms with E-state index in [4.69, 9.17) is 0 Å². The zero-order chi connectivity index (χ0) is 22.6. The van der Waals surface area contributed by atoms with Crippen LogP contribution >= 0.6 is 11.3 Å². The van der Waals surface area contributed by atoms with Gasteiger partial charge in [0.25, 0.3) is 5.91 Å². The number of anilines is 1. The summed E-state index contributed by atoms with van der Waals surface area (Å²) in [5.41, 5.74) is 1.03. The van der Waals surface area contributed by atoms with Crippen molar-refractivity contribution in [3.8, 4) is 16.3 Å². The normalized spacial score (nSPS) is 11.1. The van der Waals surface area contributed by atoms with E-state index in [0.717, 1.165) is 17.0 Å². The maximum absolute atomic E-state index is 13.0. The molecule has 3 rings (SSSR count). The van der Waals surface area contributed by atoms with E-state index in [9.17, 15) is 27.2 Å². The van der Waals surface area contributed by atoms with Crippen molar-refractivity contribution in [1.82, 2.24) is 9.88 Å². The Morgan fingerprint density at radius 1 is 1.10 bits per heavy atom. The van der Waals surface area contributed by atoms with Crippen molar-refractivity contribution in [2.75, 3.05) is 18.9 Å². The molecule has 162 valence electrons. The van der Waals surface area contributed by atoms with E-state index in [1.807, 2.05) is 0 Å². The number of hydrogen-bond donors (Lipinski definition) is 1. The molecular weight excluding hydrogens is 438 g/mol. The fraction of sp³-hybridized carbons (Fsp3) is 0.150. The third-order valence-corrected chi connectivity index (χ3v) is 4.80. The van der Waals surface area contributed by atoms with Crippen molar-refractivity contribution in [2.45, 2.75) is 6.36 Å². The van der Waals surface area contributed by atoms with Crippen LogP contribution in [0, 0.1) is 5.82 Å². The molecule has 2 amide bonds. The number of carbonyl (C=O) groups is 2. The summed E-state index contributed by atoms with van der Waals surface area (Å²) in [6.07, 6.45) is -4.81. The number of halogens is 4. The fourth-order valence-electron chi connectivity index (χ4n) is 2.52. The first kappa shape index (κ1) is 22.2. The molecular formula is C20H15F4N3O3S. The van der Waals surface area contributed by atoms with Crippen molar-refractivity contribution in [3.63, 3.8) is 0 Å². The molecule has 1 N–H and O–H groups in total. The summed E-state index contributed by atoms with van der Waals surface area (Å²) in [4.78, 5) is 30.1. The second kappa shape index (κ2) is 9.13. The number of nitrogens with one attached hydrogen (secondary N) is 1. The molecule has 0 saturated carbocycles. The summed E-state index contributed by atoms with van der Waals surface area (Å²) >= 11 is 1.21. The summed E-state index contributed by atoms with van der Waals surface area (Å²) in [7, 11) is 1.42. The van der Waals surface area contributed by atoms with Crippen LogP contribution < -0.4 is 10.1 Å². The Labute approximate surface area is 178 Å². The Kier molecular flexibility index (Phi) is 6.54. The molecule has 0 aliphatic carbocycles. The Morgan fingerprint density at radius 2 is 1.74 bits per heavy atom. The number of nitrogens with zero attached hydrogens (tertiary/aromatic N) is 2. The van der Waals surface area contributed by atoms with Crippen molar-refractivity contribution < 1.29 is 31.9 Å².